The largest absolute Gasteiger partial charge is 0.325 e. The zero-order valence-electron chi connectivity index (χ0n) is 8.98. The zero-order chi connectivity index (χ0) is 10.4. The highest BCUT2D eigenvalue weighted by Crippen LogP contribution is 1.92. The highest BCUT2D eigenvalue weighted by Gasteiger charge is 2.00. The van der Waals surface area contributed by atoms with Crippen molar-refractivity contribution in [3.63, 3.8) is 0 Å². The maximum atomic E-state index is 5.44. The molecule has 80 valence electrons. The molecule has 0 radical (unpaired) electrons. The van der Waals surface area contributed by atoms with Crippen LogP contribution in [-0.4, -0.2) is 40.0 Å². The second kappa shape index (κ2) is 5.72. The first kappa shape index (κ1) is 11.1. The number of rotatable bonds is 6. The van der Waals surface area contributed by atoms with Gasteiger partial charge in [-0.1, -0.05) is 12.1 Å². The lowest BCUT2D eigenvalue weighted by atomic mass is 10.4. The van der Waals surface area contributed by atoms with Crippen LogP contribution in [0.5, 0.6) is 0 Å². The van der Waals surface area contributed by atoms with Crippen molar-refractivity contribution in [3.8, 4) is 0 Å². The first-order valence-electron chi connectivity index (χ1n) is 5.04. The van der Waals surface area contributed by atoms with Crippen LogP contribution in [0.4, 0.5) is 0 Å². The van der Waals surface area contributed by atoms with E-state index in [0.717, 1.165) is 25.3 Å². The zero-order valence-corrected chi connectivity index (χ0v) is 8.98. The Bertz CT molecular complexity index is 257. The number of aromatic nitrogens is 3. The quantitative estimate of drug-likeness (QED) is 0.701. The number of nitrogens with two attached hydrogens (primary N) is 1. The van der Waals surface area contributed by atoms with E-state index in [1.807, 2.05) is 10.9 Å². The van der Waals surface area contributed by atoms with Gasteiger partial charge in [-0.25, -0.2) is 0 Å². The summed E-state index contributed by atoms with van der Waals surface area (Å²) in [5.41, 5.74) is 6.29. The number of hydrogen-bond acceptors (Lipinski definition) is 4. The van der Waals surface area contributed by atoms with Crippen LogP contribution in [0.1, 0.15) is 19.0 Å². The Morgan fingerprint density at radius 3 is 2.86 bits per heavy atom. The molecule has 0 unspecified atom stereocenters. The van der Waals surface area contributed by atoms with Crippen molar-refractivity contribution < 1.29 is 0 Å². The minimum Gasteiger partial charge on any atom is -0.325 e. The molecule has 5 nitrogen and oxygen atoms in total. The van der Waals surface area contributed by atoms with E-state index in [9.17, 15) is 0 Å². The lowest BCUT2D eigenvalue weighted by Gasteiger charge is -2.14. The molecule has 0 saturated heterocycles. The highest BCUT2D eigenvalue weighted by molar-refractivity contribution is 4.90. The number of likely N-dealkylation sites (N-methyl/N-ethyl adjacent to an activating group) is 1. The molecule has 0 spiro atoms. The van der Waals surface area contributed by atoms with Crippen LogP contribution in [0.15, 0.2) is 6.20 Å². The van der Waals surface area contributed by atoms with Gasteiger partial charge >= 0.3 is 0 Å². The Labute approximate surface area is 84.9 Å². The number of nitrogens with zero attached hydrogens (tertiary/aromatic N) is 4. The molecule has 0 aromatic carbocycles. The summed E-state index contributed by atoms with van der Waals surface area (Å²) in [7, 11) is 2.12. The van der Waals surface area contributed by atoms with Crippen LogP contribution in [0.3, 0.4) is 0 Å². The monoisotopic (exact) mass is 197 g/mol. The van der Waals surface area contributed by atoms with Crippen LogP contribution in [0.2, 0.25) is 0 Å². The predicted octanol–water partition coefficient (Wildman–Crippen LogP) is 0.0786. The Morgan fingerprint density at radius 2 is 2.29 bits per heavy atom. The molecule has 0 aliphatic carbocycles. The lowest BCUT2D eigenvalue weighted by Crippen LogP contribution is -2.24. The fourth-order valence-corrected chi connectivity index (χ4v) is 1.31. The van der Waals surface area contributed by atoms with Crippen molar-refractivity contribution in [3.05, 3.63) is 11.9 Å². The van der Waals surface area contributed by atoms with Gasteiger partial charge in [-0.3, -0.25) is 4.68 Å². The Hall–Kier alpha value is -0.940. The third kappa shape index (κ3) is 3.43. The molecule has 0 aliphatic heterocycles. The summed E-state index contributed by atoms with van der Waals surface area (Å²) in [6.07, 6.45) is 3.09. The lowest BCUT2D eigenvalue weighted by molar-refractivity contribution is 0.311. The Kier molecular flexibility index (Phi) is 4.55. The third-order valence-corrected chi connectivity index (χ3v) is 2.11. The SMILES string of the molecule is CCCN(C)CCn1cc(CN)nn1. The average Bonchev–Trinajstić information content (AvgIpc) is 2.63. The van der Waals surface area contributed by atoms with Crippen molar-refractivity contribution in [2.75, 3.05) is 20.1 Å². The smallest absolute Gasteiger partial charge is 0.0962 e. The van der Waals surface area contributed by atoms with Gasteiger partial charge in [-0.15, -0.1) is 5.10 Å². The van der Waals surface area contributed by atoms with E-state index in [4.69, 9.17) is 5.73 Å². The fraction of sp³-hybridized carbons (Fsp3) is 0.778. The summed E-state index contributed by atoms with van der Waals surface area (Å²) in [6, 6.07) is 0. The Balaban J connectivity index is 2.30. The molecule has 5 heteroatoms. The van der Waals surface area contributed by atoms with Gasteiger partial charge in [-0.05, 0) is 20.0 Å². The average molecular weight is 197 g/mol. The summed E-state index contributed by atoms with van der Waals surface area (Å²) in [5.74, 6) is 0. The van der Waals surface area contributed by atoms with E-state index in [1.165, 1.54) is 6.42 Å². The molecular formula is C9H19N5. The second-order valence-corrected chi connectivity index (χ2v) is 3.48. The summed E-state index contributed by atoms with van der Waals surface area (Å²) in [5, 5.41) is 7.91. The maximum Gasteiger partial charge on any atom is 0.0962 e. The van der Waals surface area contributed by atoms with E-state index in [1.54, 1.807) is 0 Å². The molecule has 1 heterocycles. The second-order valence-electron chi connectivity index (χ2n) is 3.48. The summed E-state index contributed by atoms with van der Waals surface area (Å²) < 4.78 is 1.84. The van der Waals surface area contributed by atoms with Gasteiger partial charge in [-0.2, -0.15) is 0 Å². The molecule has 2 N–H and O–H groups in total. The topological polar surface area (TPSA) is 60.0 Å². The van der Waals surface area contributed by atoms with Crippen molar-refractivity contribution in [2.24, 2.45) is 5.73 Å². The van der Waals surface area contributed by atoms with Crippen LogP contribution >= 0.6 is 0 Å². The van der Waals surface area contributed by atoms with Crippen LogP contribution < -0.4 is 5.73 Å². The predicted molar refractivity (Wildman–Crippen MR) is 55.7 cm³/mol. The van der Waals surface area contributed by atoms with E-state index in [-0.39, 0.29) is 0 Å². The normalized spacial score (nSPS) is 11.1. The summed E-state index contributed by atoms with van der Waals surface area (Å²) in [4.78, 5) is 2.28. The molecule has 0 aliphatic rings. The molecule has 0 fully saturated rings. The first-order valence-corrected chi connectivity index (χ1v) is 5.04. The molecular weight excluding hydrogens is 178 g/mol. The standard InChI is InChI=1S/C9H19N5/c1-3-4-13(2)5-6-14-8-9(7-10)11-12-14/h8H,3-7,10H2,1-2H3. The third-order valence-electron chi connectivity index (χ3n) is 2.11. The van der Waals surface area contributed by atoms with E-state index in [2.05, 4.69) is 29.2 Å². The maximum absolute atomic E-state index is 5.44. The van der Waals surface area contributed by atoms with Gasteiger partial charge in [0.05, 0.1) is 12.2 Å². The van der Waals surface area contributed by atoms with Gasteiger partial charge < -0.3 is 10.6 Å². The van der Waals surface area contributed by atoms with E-state index < -0.39 is 0 Å². The summed E-state index contributed by atoms with van der Waals surface area (Å²) in [6.45, 7) is 5.65. The minimum absolute atomic E-state index is 0.463. The van der Waals surface area contributed by atoms with Crippen molar-refractivity contribution in [2.45, 2.75) is 26.4 Å². The first-order chi connectivity index (χ1) is 6.76. The molecule has 0 saturated carbocycles. The van der Waals surface area contributed by atoms with Crippen LogP contribution in [0, 0.1) is 0 Å². The molecule has 0 amide bonds. The van der Waals surface area contributed by atoms with Crippen molar-refractivity contribution in [1.82, 2.24) is 19.9 Å². The molecule has 0 bridgehead atoms. The van der Waals surface area contributed by atoms with Gasteiger partial charge in [0.25, 0.3) is 0 Å². The van der Waals surface area contributed by atoms with Gasteiger partial charge in [0.1, 0.15) is 0 Å². The van der Waals surface area contributed by atoms with Gasteiger partial charge in [0.15, 0.2) is 0 Å². The molecule has 14 heavy (non-hydrogen) atoms. The van der Waals surface area contributed by atoms with E-state index >= 15 is 0 Å². The molecule has 1 aromatic heterocycles. The summed E-state index contributed by atoms with van der Waals surface area (Å²) >= 11 is 0. The molecule has 0 atom stereocenters. The molecule has 1 rings (SSSR count). The van der Waals surface area contributed by atoms with Crippen LogP contribution in [0.25, 0.3) is 0 Å². The highest BCUT2D eigenvalue weighted by atomic mass is 15.4. The fourth-order valence-electron chi connectivity index (χ4n) is 1.31. The van der Waals surface area contributed by atoms with E-state index in [0.29, 0.717) is 6.54 Å². The Morgan fingerprint density at radius 1 is 1.50 bits per heavy atom. The molecule has 1 aromatic rings. The minimum atomic E-state index is 0.463. The van der Waals surface area contributed by atoms with Gasteiger partial charge in [0.2, 0.25) is 0 Å². The van der Waals surface area contributed by atoms with Crippen LogP contribution in [-0.2, 0) is 13.1 Å². The van der Waals surface area contributed by atoms with Crippen molar-refractivity contribution >= 4 is 0 Å². The van der Waals surface area contributed by atoms with Gasteiger partial charge in [0, 0.05) is 19.3 Å². The number of hydrogen-bond donors (Lipinski definition) is 1. The van der Waals surface area contributed by atoms with Crippen molar-refractivity contribution in [1.29, 1.82) is 0 Å².